The highest BCUT2D eigenvalue weighted by Gasteiger charge is 2.39. The first-order valence-electron chi connectivity index (χ1n) is 7.51. The minimum absolute atomic E-state index is 0.648. The van der Waals surface area contributed by atoms with Gasteiger partial charge in [0.2, 0.25) is 0 Å². The van der Waals surface area contributed by atoms with E-state index >= 15 is 0 Å². The molecule has 94 valence electrons. The molecule has 2 saturated carbocycles. The molecule has 0 aromatic carbocycles. The molecule has 0 aliphatic heterocycles. The van der Waals surface area contributed by atoms with Crippen LogP contribution in [0.2, 0.25) is 0 Å². The maximum absolute atomic E-state index is 6.04. The van der Waals surface area contributed by atoms with Gasteiger partial charge in [-0.1, -0.05) is 39.0 Å². The van der Waals surface area contributed by atoms with Gasteiger partial charge in [0.15, 0.2) is 0 Å². The zero-order valence-corrected chi connectivity index (χ0v) is 10.9. The van der Waals surface area contributed by atoms with Crippen molar-refractivity contribution in [3.05, 3.63) is 0 Å². The molecule has 3 unspecified atom stereocenters. The van der Waals surface area contributed by atoms with Gasteiger partial charge in [0.1, 0.15) is 0 Å². The molecule has 3 atom stereocenters. The lowest BCUT2D eigenvalue weighted by molar-refractivity contribution is 0.0145. The Morgan fingerprint density at radius 3 is 2.44 bits per heavy atom. The summed E-state index contributed by atoms with van der Waals surface area (Å²) in [5, 5.41) is 0. The minimum Gasteiger partial charge on any atom is -0.378 e. The van der Waals surface area contributed by atoms with Gasteiger partial charge in [-0.25, -0.2) is 0 Å². The Labute approximate surface area is 101 Å². The smallest absolute Gasteiger partial charge is 0.0606 e. The summed E-state index contributed by atoms with van der Waals surface area (Å²) in [4.78, 5) is 0. The van der Waals surface area contributed by atoms with E-state index < -0.39 is 0 Å². The molecular weight excluding hydrogens is 196 g/mol. The normalized spacial score (nSPS) is 32.4. The molecule has 0 amide bonds. The second-order valence-corrected chi connectivity index (χ2v) is 5.85. The first-order chi connectivity index (χ1) is 7.90. The minimum atomic E-state index is 0.648. The van der Waals surface area contributed by atoms with E-state index in [1.165, 1.54) is 64.2 Å². The SMILES string of the molecule is CCCCCCCCOC1CC2CCC1C2. The van der Waals surface area contributed by atoms with E-state index in [0.717, 1.165) is 18.4 Å². The number of ether oxygens (including phenoxy) is 1. The van der Waals surface area contributed by atoms with Gasteiger partial charge >= 0.3 is 0 Å². The maximum Gasteiger partial charge on any atom is 0.0606 e. The average Bonchev–Trinajstić information content (AvgIpc) is 2.90. The molecule has 1 heteroatoms. The Bertz CT molecular complexity index is 190. The molecule has 2 aliphatic rings. The van der Waals surface area contributed by atoms with Crippen LogP contribution in [-0.4, -0.2) is 12.7 Å². The Morgan fingerprint density at radius 2 is 1.75 bits per heavy atom. The lowest BCUT2D eigenvalue weighted by Gasteiger charge is -2.22. The first-order valence-corrected chi connectivity index (χ1v) is 7.51. The van der Waals surface area contributed by atoms with Crippen LogP contribution < -0.4 is 0 Å². The number of fused-ring (bicyclic) bond motifs is 2. The highest BCUT2D eigenvalue weighted by atomic mass is 16.5. The highest BCUT2D eigenvalue weighted by molar-refractivity contribution is 4.90. The number of unbranched alkanes of at least 4 members (excludes halogenated alkanes) is 5. The molecule has 2 fully saturated rings. The van der Waals surface area contributed by atoms with Crippen LogP contribution in [0.15, 0.2) is 0 Å². The summed E-state index contributed by atoms with van der Waals surface area (Å²) in [7, 11) is 0. The van der Waals surface area contributed by atoms with Gasteiger partial charge in [-0.2, -0.15) is 0 Å². The van der Waals surface area contributed by atoms with Crippen molar-refractivity contribution in [1.82, 2.24) is 0 Å². The fourth-order valence-corrected chi connectivity index (χ4v) is 3.51. The monoisotopic (exact) mass is 224 g/mol. The summed E-state index contributed by atoms with van der Waals surface area (Å²) in [6.07, 6.45) is 14.7. The van der Waals surface area contributed by atoms with Crippen molar-refractivity contribution >= 4 is 0 Å². The van der Waals surface area contributed by atoms with E-state index in [4.69, 9.17) is 4.74 Å². The summed E-state index contributed by atoms with van der Waals surface area (Å²) in [6, 6.07) is 0. The van der Waals surface area contributed by atoms with Crippen molar-refractivity contribution in [3.63, 3.8) is 0 Å². The third-order valence-electron chi connectivity index (χ3n) is 4.50. The lowest BCUT2D eigenvalue weighted by atomic mass is 9.98. The molecule has 0 aromatic heterocycles. The summed E-state index contributed by atoms with van der Waals surface area (Å²) < 4.78 is 6.04. The van der Waals surface area contributed by atoms with E-state index in [2.05, 4.69) is 6.92 Å². The van der Waals surface area contributed by atoms with Gasteiger partial charge < -0.3 is 4.74 Å². The zero-order valence-electron chi connectivity index (χ0n) is 10.9. The largest absolute Gasteiger partial charge is 0.378 e. The van der Waals surface area contributed by atoms with E-state index in [1.807, 2.05) is 0 Å². The summed E-state index contributed by atoms with van der Waals surface area (Å²) in [5.41, 5.74) is 0. The van der Waals surface area contributed by atoms with Gasteiger partial charge in [-0.05, 0) is 43.9 Å². The van der Waals surface area contributed by atoms with Gasteiger partial charge in [0.25, 0.3) is 0 Å². The number of hydrogen-bond donors (Lipinski definition) is 0. The summed E-state index contributed by atoms with van der Waals surface area (Å²) in [6.45, 7) is 3.30. The second kappa shape index (κ2) is 6.64. The van der Waals surface area contributed by atoms with Gasteiger partial charge in [-0.15, -0.1) is 0 Å². The topological polar surface area (TPSA) is 9.23 Å². The highest BCUT2D eigenvalue weighted by Crippen LogP contribution is 2.45. The molecular formula is C15H28O. The Morgan fingerprint density at radius 1 is 0.938 bits per heavy atom. The standard InChI is InChI=1S/C15H28O/c1-2-3-4-5-6-7-10-16-15-12-13-8-9-14(15)11-13/h13-15H,2-12H2,1H3. The molecule has 0 spiro atoms. The van der Waals surface area contributed by atoms with E-state index in [-0.39, 0.29) is 0 Å². The average molecular weight is 224 g/mol. The molecule has 0 aromatic rings. The Kier molecular flexibility index (Phi) is 5.15. The van der Waals surface area contributed by atoms with Crippen LogP contribution in [0.5, 0.6) is 0 Å². The zero-order chi connectivity index (χ0) is 11.2. The predicted octanol–water partition coefficient (Wildman–Crippen LogP) is 4.55. The molecule has 1 nitrogen and oxygen atoms in total. The second-order valence-electron chi connectivity index (χ2n) is 5.85. The van der Waals surface area contributed by atoms with Crippen LogP contribution >= 0.6 is 0 Å². The maximum atomic E-state index is 6.04. The molecule has 2 bridgehead atoms. The predicted molar refractivity (Wildman–Crippen MR) is 68.6 cm³/mol. The van der Waals surface area contributed by atoms with Gasteiger partial charge in [0.05, 0.1) is 6.10 Å². The molecule has 0 heterocycles. The van der Waals surface area contributed by atoms with Crippen molar-refractivity contribution in [2.24, 2.45) is 11.8 Å². The quantitative estimate of drug-likeness (QED) is 0.549. The third-order valence-corrected chi connectivity index (χ3v) is 4.50. The Hall–Kier alpha value is -0.0400. The fraction of sp³-hybridized carbons (Fsp3) is 1.00. The first kappa shape index (κ1) is 12.4. The van der Waals surface area contributed by atoms with Crippen LogP contribution in [0.3, 0.4) is 0 Å². The van der Waals surface area contributed by atoms with E-state index in [0.29, 0.717) is 6.10 Å². The Balaban J connectivity index is 1.43. The molecule has 2 aliphatic carbocycles. The van der Waals surface area contributed by atoms with Crippen molar-refractivity contribution in [2.45, 2.75) is 77.2 Å². The lowest BCUT2D eigenvalue weighted by Crippen LogP contribution is -2.20. The molecule has 2 rings (SSSR count). The van der Waals surface area contributed by atoms with Crippen LogP contribution in [0, 0.1) is 11.8 Å². The van der Waals surface area contributed by atoms with Crippen LogP contribution in [0.4, 0.5) is 0 Å². The van der Waals surface area contributed by atoms with Crippen molar-refractivity contribution in [1.29, 1.82) is 0 Å². The molecule has 16 heavy (non-hydrogen) atoms. The molecule has 0 radical (unpaired) electrons. The van der Waals surface area contributed by atoms with Crippen molar-refractivity contribution in [3.8, 4) is 0 Å². The molecule has 0 saturated heterocycles. The van der Waals surface area contributed by atoms with Crippen molar-refractivity contribution in [2.75, 3.05) is 6.61 Å². The van der Waals surface area contributed by atoms with Gasteiger partial charge in [-0.3, -0.25) is 0 Å². The summed E-state index contributed by atoms with van der Waals surface area (Å²) >= 11 is 0. The van der Waals surface area contributed by atoms with Crippen molar-refractivity contribution < 1.29 is 4.74 Å². The fourth-order valence-electron chi connectivity index (χ4n) is 3.51. The van der Waals surface area contributed by atoms with Gasteiger partial charge in [0, 0.05) is 6.61 Å². The van der Waals surface area contributed by atoms with E-state index in [1.54, 1.807) is 0 Å². The van der Waals surface area contributed by atoms with Crippen LogP contribution in [-0.2, 0) is 4.74 Å². The summed E-state index contributed by atoms with van der Waals surface area (Å²) in [5.74, 6) is 1.96. The van der Waals surface area contributed by atoms with Crippen LogP contribution in [0.1, 0.15) is 71.1 Å². The molecule has 0 N–H and O–H groups in total. The van der Waals surface area contributed by atoms with E-state index in [9.17, 15) is 0 Å². The van der Waals surface area contributed by atoms with Crippen LogP contribution in [0.25, 0.3) is 0 Å². The third kappa shape index (κ3) is 3.48. The number of hydrogen-bond acceptors (Lipinski definition) is 1. The number of rotatable bonds is 8.